The van der Waals surface area contributed by atoms with Gasteiger partial charge in [-0.1, -0.05) is 37.8 Å². The van der Waals surface area contributed by atoms with Crippen molar-refractivity contribution in [2.24, 2.45) is 10.9 Å². The Kier molecular flexibility index (Phi) is 7.21. The van der Waals surface area contributed by atoms with Crippen molar-refractivity contribution in [3.8, 4) is 0 Å². The minimum absolute atomic E-state index is 0.0433. The molecule has 1 aromatic rings. The van der Waals surface area contributed by atoms with Crippen LogP contribution in [0.5, 0.6) is 0 Å². The van der Waals surface area contributed by atoms with E-state index in [0.29, 0.717) is 12.1 Å². The molecule has 6 heteroatoms. The minimum atomic E-state index is -0.608. The summed E-state index contributed by atoms with van der Waals surface area (Å²) in [6, 6.07) is 3.96. The van der Waals surface area contributed by atoms with Crippen molar-refractivity contribution < 1.29 is 14.4 Å². The van der Waals surface area contributed by atoms with Crippen molar-refractivity contribution in [1.82, 2.24) is 0 Å². The second-order valence-corrected chi connectivity index (χ2v) is 4.89. The van der Waals surface area contributed by atoms with E-state index in [0.717, 1.165) is 19.3 Å². The van der Waals surface area contributed by atoms with Crippen LogP contribution in [0.4, 0.5) is 10.1 Å². The fraction of sp³-hybridized carbons (Fsp3) is 0.467. The molecule has 0 bridgehead atoms. The molecule has 1 amide bonds. The van der Waals surface area contributed by atoms with Crippen LogP contribution in [0.2, 0.25) is 0 Å². The van der Waals surface area contributed by atoms with Crippen molar-refractivity contribution in [3.63, 3.8) is 0 Å². The van der Waals surface area contributed by atoms with E-state index in [2.05, 4.69) is 17.4 Å². The standard InChI is InChI=1S/C15H22FN3O2/c1-2-3-4-5-6-7-14(20)18-11-8-9-13(16)12(10-11)15(17)19-21/h8-10,21H,2-7H2,1H3,(H2,17,19)(H,18,20). The van der Waals surface area contributed by atoms with Gasteiger partial charge in [0, 0.05) is 12.1 Å². The van der Waals surface area contributed by atoms with Crippen LogP contribution in [-0.2, 0) is 4.79 Å². The van der Waals surface area contributed by atoms with Crippen LogP contribution < -0.4 is 11.1 Å². The Morgan fingerprint density at radius 3 is 2.71 bits per heavy atom. The predicted octanol–water partition coefficient (Wildman–Crippen LogP) is 3.22. The molecule has 0 heterocycles. The van der Waals surface area contributed by atoms with E-state index in [1.54, 1.807) is 0 Å². The summed E-state index contributed by atoms with van der Waals surface area (Å²) in [6.45, 7) is 2.14. The minimum Gasteiger partial charge on any atom is -0.409 e. The molecule has 21 heavy (non-hydrogen) atoms. The number of rotatable bonds is 8. The van der Waals surface area contributed by atoms with Gasteiger partial charge >= 0.3 is 0 Å². The number of oxime groups is 1. The zero-order valence-corrected chi connectivity index (χ0v) is 12.2. The lowest BCUT2D eigenvalue weighted by Crippen LogP contribution is -2.17. The molecule has 0 saturated heterocycles. The van der Waals surface area contributed by atoms with Crippen LogP contribution in [0.1, 0.15) is 51.0 Å². The summed E-state index contributed by atoms with van der Waals surface area (Å²) in [5.74, 6) is -1.06. The van der Waals surface area contributed by atoms with Gasteiger partial charge in [0.25, 0.3) is 0 Å². The third kappa shape index (κ3) is 5.81. The molecule has 0 aliphatic heterocycles. The van der Waals surface area contributed by atoms with Crippen LogP contribution in [0.3, 0.4) is 0 Å². The summed E-state index contributed by atoms with van der Waals surface area (Å²) in [5, 5.41) is 14.0. The van der Waals surface area contributed by atoms with Gasteiger partial charge in [-0.15, -0.1) is 0 Å². The van der Waals surface area contributed by atoms with E-state index < -0.39 is 5.82 Å². The SMILES string of the molecule is CCCCCCCC(=O)Nc1ccc(F)c(C(N)=NO)c1. The van der Waals surface area contributed by atoms with E-state index >= 15 is 0 Å². The van der Waals surface area contributed by atoms with Crippen LogP contribution in [-0.4, -0.2) is 17.0 Å². The lowest BCUT2D eigenvalue weighted by Gasteiger charge is -2.08. The monoisotopic (exact) mass is 295 g/mol. The third-order valence-corrected chi connectivity index (χ3v) is 3.14. The number of carbonyl (C=O) groups is 1. The lowest BCUT2D eigenvalue weighted by atomic mass is 10.1. The second-order valence-electron chi connectivity index (χ2n) is 4.89. The highest BCUT2D eigenvalue weighted by molar-refractivity contribution is 5.99. The van der Waals surface area contributed by atoms with E-state index in [4.69, 9.17) is 10.9 Å². The summed E-state index contributed by atoms with van der Waals surface area (Å²) in [6.07, 6.45) is 5.77. The highest BCUT2D eigenvalue weighted by Gasteiger charge is 2.09. The van der Waals surface area contributed by atoms with Gasteiger partial charge in [0.2, 0.25) is 5.91 Å². The van der Waals surface area contributed by atoms with Crippen molar-refractivity contribution in [2.75, 3.05) is 5.32 Å². The molecule has 1 rings (SSSR count). The van der Waals surface area contributed by atoms with Crippen LogP contribution in [0, 0.1) is 5.82 Å². The first-order valence-corrected chi connectivity index (χ1v) is 7.15. The van der Waals surface area contributed by atoms with Crippen molar-refractivity contribution in [3.05, 3.63) is 29.6 Å². The zero-order valence-electron chi connectivity index (χ0n) is 12.2. The smallest absolute Gasteiger partial charge is 0.224 e. The Hall–Kier alpha value is -2.11. The largest absolute Gasteiger partial charge is 0.409 e. The first-order valence-electron chi connectivity index (χ1n) is 7.15. The molecule has 0 fully saturated rings. The Balaban J connectivity index is 2.53. The van der Waals surface area contributed by atoms with E-state index in [1.807, 2.05) is 0 Å². The van der Waals surface area contributed by atoms with E-state index in [9.17, 15) is 9.18 Å². The van der Waals surface area contributed by atoms with Gasteiger partial charge in [-0.2, -0.15) is 0 Å². The van der Waals surface area contributed by atoms with Crippen molar-refractivity contribution in [2.45, 2.75) is 45.4 Å². The fourth-order valence-electron chi connectivity index (χ4n) is 1.97. The molecule has 0 spiro atoms. The summed E-state index contributed by atoms with van der Waals surface area (Å²) in [5.41, 5.74) is 5.75. The summed E-state index contributed by atoms with van der Waals surface area (Å²) >= 11 is 0. The number of anilines is 1. The molecule has 116 valence electrons. The highest BCUT2D eigenvalue weighted by atomic mass is 19.1. The summed E-state index contributed by atoms with van der Waals surface area (Å²) in [4.78, 5) is 11.8. The zero-order chi connectivity index (χ0) is 15.7. The molecular formula is C15H22FN3O2. The Morgan fingerprint density at radius 2 is 2.05 bits per heavy atom. The maximum atomic E-state index is 13.5. The topological polar surface area (TPSA) is 87.7 Å². The molecule has 0 atom stereocenters. The number of halogens is 1. The van der Waals surface area contributed by atoms with Crippen molar-refractivity contribution in [1.29, 1.82) is 0 Å². The normalized spacial score (nSPS) is 11.4. The molecule has 1 aromatic carbocycles. The number of nitrogens with zero attached hydrogens (tertiary/aromatic N) is 1. The van der Waals surface area contributed by atoms with Gasteiger partial charge in [-0.05, 0) is 24.6 Å². The molecule has 5 nitrogen and oxygen atoms in total. The van der Waals surface area contributed by atoms with E-state index in [1.165, 1.54) is 31.0 Å². The van der Waals surface area contributed by atoms with Gasteiger partial charge < -0.3 is 16.3 Å². The molecule has 0 radical (unpaired) electrons. The number of hydrogen-bond acceptors (Lipinski definition) is 3. The molecular weight excluding hydrogens is 273 g/mol. The average Bonchev–Trinajstić information content (AvgIpc) is 2.48. The fourth-order valence-corrected chi connectivity index (χ4v) is 1.97. The van der Waals surface area contributed by atoms with Crippen LogP contribution in [0.15, 0.2) is 23.4 Å². The third-order valence-electron chi connectivity index (χ3n) is 3.14. The van der Waals surface area contributed by atoms with Gasteiger partial charge in [0.05, 0.1) is 5.56 Å². The number of unbranched alkanes of at least 4 members (excludes halogenated alkanes) is 4. The molecule has 0 saturated carbocycles. The Morgan fingerprint density at radius 1 is 1.33 bits per heavy atom. The maximum Gasteiger partial charge on any atom is 0.224 e. The van der Waals surface area contributed by atoms with Gasteiger partial charge in [0.1, 0.15) is 5.82 Å². The number of nitrogens with two attached hydrogens (primary N) is 1. The summed E-state index contributed by atoms with van der Waals surface area (Å²) in [7, 11) is 0. The van der Waals surface area contributed by atoms with E-state index in [-0.39, 0.29) is 17.3 Å². The number of hydrogen-bond donors (Lipinski definition) is 3. The molecule has 0 aliphatic rings. The Bertz CT molecular complexity index is 504. The van der Waals surface area contributed by atoms with Crippen molar-refractivity contribution >= 4 is 17.4 Å². The molecule has 0 aromatic heterocycles. The molecule has 0 unspecified atom stereocenters. The van der Waals surface area contributed by atoms with Gasteiger partial charge in [-0.3, -0.25) is 4.79 Å². The number of nitrogens with one attached hydrogen (secondary N) is 1. The van der Waals surface area contributed by atoms with Gasteiger partial charge in [0.15, 0.2) is 5.84 Å². The number of benzene rings is 1. The summed E-state index contributed by atoms with van der Waals surface area (Å²) < 4.78 is 13.5. The molecule has 4 N–H and O–H groups in total. The Labute approximate surface area is 124 Å². The quantitative estimate of drug-likeness (QED) is 0.226. The maximum absolute atomic E-state index is 13.5. The number of amides is 1. The first kappa shape index (κ1) is 16.9. The van der Waals surface area contributed by atoms with Crippen LogP contribution >= 0.6 is 0 Å². The predicted molar refractivity (Wildman–Crippen MR) is 80.9 cm³/mol. The first-order chi connectivity index (χ1) is 10.1. The second kappa shape index (κ2) is 8.94. The molecule has 0 aliphatic carbocycles. The van der Waals surface area contributed by atoms with Crippen LogP contribution in [0.25, 0.3) is 0 Å². The number of carbonyl (C=O) groups excluding carboxylic acids is 1. The lowest BCUT2D eigenvalue weighted by molar-refractivity contribution is -0.116. The van der Waals surface area contributed by atoms with Gasteiger partial charge in [-0.25, -0.2) is 4.39 Å². The highest BCUT2D eigenvalue weighted by Crippen LogP contribution is 2.15. The number of amidine groups is 1. The average molecular weight is 295 g/mol.